The minimum atomic E-state index is -0.313. The largest absolute Gasteiger partial charge is 0.347 e. The van der Waals surface area contributed by atoms with Gasteiger partial charge in [0, 0.05) is 21.0 Å². The summed E-state index contributed by atoms with van der Waals surface area (Å²) in [5.41, 5.74) is 1.60. The second kappa shape index (κ2) is 5.43. The SMILES string of the molecule is C[C@@]12CO[C@@H](c3ccccc3)O[C@H]1CCC(C=O)=C2Br. The van der Waals surface area contributed by atoms with Crippen LogP contribution >= 0.6 is 15.9 Å². The number of hydrogen-bond donors (Lipinski definition) is 0. The van der Waals surface area contributed by atoms with E-state index in [1.54, 1.807) is 0 Å². The summed E-state index contributed by atoms with van der Waals surface area (Å²) in [5.74, 6) is 0. The van der Waals surface area contributed by atoms with Gasteiger partial charge in [-0.05, 0) is 12.8 Å². The lowest BCUT2D eigenvalue weighted by Crippen LogP contribution is -2.47. The molecule has 1 heterocycles. The van der Waals surface area contributed by atoms with E-state index in [4.69, 9.17) is 9.47 Å². The molecule has 1 aromatic rings. The Labute approximate surface area is 127 Å². The maximum Gasteiger partial charge on any atom is 0.184 e. The molecule has 0 bridgehead atoms. The van der Waals surface area contributed by atoms with E-state index in [9.17, 15) is 4.79 Å². The van der Waals surface area contributed by atoms with Crippen LogP contribution in [0, 0.1) is 5.41 Å². The molecular formula is C16H17BrO3. The van der Waals surface area contributed by atoms with Gasteiger partial charge in [0.2, 0.25) is 0 Å². The molecule has 1 fully saturated rings. The van der Waals surface area contributed by atoms with Crippen LogP contribution in [-0.4, -0.2) is 19.0 Å². The molecule has 1 aromatic carbocycles. The maximum absolute atomic E-state index is 11.1. The molecule has 1 saturated heterocycles. The molecule has 1 aliphatic carbocycles. The van der Waals surface area contributed by atoms with Crippen molar-refractivity contribution in [2.75, 3.05) is 6.61 Å². The Morgan fingerprint density at radius 3 is 2.80 bits per heavy atom. The fourth-order valence-electron chi connectivity index (χ4n) is 2.93. The van der Waals surface area contributed by atoms with Crippen LogP contribution in [0.2, 0.25) is 0 Å². The van der Waals surface area contributed by atoms with Gasteiger partial charge in [-0.1, -0.05) is 53.2 Å². The lowest BCUT2D eigenvalue weighted by molar-refractivity contribution is -0.261. The number of aldehydes is 1. The van der Waals surface area contributed by atoms with Crippen LogP contribution in [0.4, 0.5) is 0 Å². The van der Waals surface area contributed by atoms with Crippen molar-refractivity contribution in [3.8, 4) is 0 Å². The molecule has 0 unspecified atom stereocenters. The second-order valence-corrected chi connectivity index (χ2v) is 6.38. The first-order chi connectivity index (χ1) is 9.65. The fourth-order valence-corrected chi connectivity index (χ4v) is 3.59. The van der Waals surface area contributed by atoms with Gasteiger partial charge >= 0.3 is 0 Å². The molecule has 3 atom stereocenters. The first-order valence-electron chi connectivity index (χ1n) is 6.81. The van der Waals surface area contributed by atoms with Crippen LogP contribution in [0.25, 0.3) is 0 Å². The van der Waals surface area contributed by atoms with Crippen molar-refractivity contribution in [2.24, 2.45) is 5.41 Å². The molecule has 106 valence electrons. The molecule has 0 aromatic heterocycles. The molecule has 4 heteroatoms. The molecule has 0 spiro atoms. The van der Waals surface area contributed by atoms with Crippen LogP contribution in [0.3, 0.4) is 0 Å². The van der Waals surface area contributed by atoms with Gasteiger partial charge in [0.15, 0.2) is 6.29 Å². The van der Waals surface area contributed by atoms with E-state index in [0.29, 0.717) is 6.61 Å². The average Bonchev–Trinajstić information content (AvgIpc) is 2.49. The summed E-state index contributed by atoms with van der Waals surface area (Å²) in [7, 11) is 0. The Balaban J connectivity index is 1.85. The number of fused-ring (bicyclic) bond motifs is 1. The molecule has 2 aliphatic rings. The predicted molar refractivity (Wildman–Crippen MR) is 79.4 cm³/mol. The van der Waals surface area contributed by atoms with E-state index in [-0.39, 0.29) is 17.8 Å². The van der Waals surface area contributed by atoms with Crippen LogP contribution in [0.15, 0.2) is 40.4 Å². The van der Waals surface area contributed by atoms with E-state index in [1.807, 2.05) is 30.3 Å². The monoisotopic (exact) mass is 336 g/mol. The fraction of sp³-hybridized carbons (Fsp3) is 0.438. The summed E-state index contributed by atoms with van der Waals surface area (Å²) in [6.07, 6.45) is 2.31. The summed E-state index contributed by atoms with van der Waals surface area (Å²) < 4.78 is 13.0. The number of allylic oxidation sites excluding steroid dienone is 1. The van der Waals surface area contributed by atoms with E-state index < -0.39 is 0 Å². The zero-order valence-electron chi connectivity index (χ0n) is 11.3. The molecular weight excluding hydrogens is 320 g/mol. The highest BCUT2D eigenvalue weighted by atomic mass is 79.9. The molecule has 20 heavy (non-hydrogen) atoms. The van der Waals surface area contributed by atoms with Gasteiger partial charge in [0.25, 0.3) is 0 Å². The topological polar surface area (TPSA) is 35.5 Å². The van der Waals surface area contributed by atoms with Crippen molar-refractivity contribution < 1.29 is 14.3 Å². The third-order valence-corrected chi connectivity index (χ3v) is 5.62. The minimum Gasteiger partial charge on any atom is -0.347 e. The third kappa shape index (κ3) is 2.26. The number of halogens is 1. The van der Waals surface area contributed by atoms with Crippen molar-refractivity contribution in [1.29, 1.82) is 0 Å². The van der Waals surface area contributed by atoms with Crippen LogP contribution < -0.4 is 0 Å². The van der Waals surface area contributed by atoms with Crippen molar-refractivity contribution in [3.63, 3.8) is 0 Å². The third-order valence-electron chi connectivity index (χ3n) is 4.21. The number of benzene rings is 1. The lowest BCUT2D eigenvalue weighted by atomic mass is 9.75. The first-order valence-corrected chi connectivity index (χ1v) is 7.61. The molecule has 3 nitrogen and oxygen atoms in total. The van der Waals surface area contributed by atoms with Gasteiger partial charge in [-0.2, -0.15) is 0 Å². The number of hydrogen-bond acceptors (Lipinski definition) is 3. The smallest absolute Gasteiger partial charge is 0.184 e. The second-order valence-electron chi connectivity index (χ2n) is 5.59. The van der Waals surface area contributed by atoms with E-state index in [1.165, 1.54) is 0 Å². The highest BCUT2D eigenvalue weighted by Crippen LogP contribution is 2.49. The minimum absolute atomic E-state index is 0.0690. The van der Waals surface area contributed by atoms with Crippen molar-refractivity contribution >= 4 is 22.2 Å². The number of carbonyl (C=O) groups excluding carboxylic acids is 1. The Hall–Kier alpha value is -0.970. The summed E-state index contributed by atoms with van der Waals surface area (Å²) in [5, 5.41) is 0. The van der Waals surface area contributed by atoms with Crippen molar-refractivity contribution in [3.05, 3.63) is 46.0 Å². The van der Waals surface area contributed by atoms with Crippen LogP contribution in [-0.2, 0) is 14.3 Å². The van der Waals surface area contributed by atoms with Gasteiger partial charge in [-0.25, -0.2) is 0 Å². The highest BCUT2D eigenvalue weighted by Gasteiger charge is 2.47. The van der Waals surface area contributed by atoms with Gasteiger partial charge < -0.3 is 9.47 Å². The average molecular weight is 337 g/mol. The van der Waals surface area contributed by atoms with E-state index in [0.717, 1.165) is 34.7 Å². The Morgan fingerprint density at radius 2 is 2.10 bits per heavy atom. The zero-order valence-corrected chi connectivity index (χ0v) is 12.9. The summed E-state index contributed by atoms with van der Waals surface area (Å²) in [4.78, 5) is 11.1. The molecule has 0 amide bonds. The number of ether oxygens (including phenoxy) is 2. The summed E-state index contributed by atoms with van der Waals surface area (Å²) >= 11 is 3.58. The normalized spacial score (nSPS) is 33.7. The molecule has 3 rings (SSSR count). The standard InChI is InChI=1S/C16H17BrO3/c1-16-10-19-15(11-5-3-2-4-6-11)20-13(16)8-7-12(9-18)14(16)17/h2-6,9,13,15H,7-8,10H2,1H3/t13-,15+,16+/m0/s1. The highest BCUT2D eigenvalue weighted by molar-refractivity contribution is 9.11. The lowest BCUT2D eigenvalue weighted by Gasteiger charge is -2.47. The van der Waals surface area contributed by atoms with Crippen molar-refractivity contribution in [2.45, 2.75) is 32.2 Å². The van der Waals surface area contributed by atoms with Gasteiger partial charge in [0.1, 0.15) is 6.29 Å². The molecule has 1 aliphatic heterocycles. The first kappa shape index (κ1) is 14.0. The Kier molecular flexibility index (Phi) is 3.80. The number of rotatable bonds is 2. The Bertz CT molecular complexity index is 540. The van der Waals surface area contributed by atoms with Crippen LogP contribution in [0.1, 0.15) is 31.6 Å². The molecule has 0 radical (unpaired) electrons. The van der Waals surface area contributed by atoms with Crippen molar-refractivity contribution in [1.82, 2.24) is 0 Å². The predicted octanol–water partition coefficient (Wildman–Crippen LogP) is 3.75. The van der Waals surface area contributed by atoms with Crippen LogP contribution in [0.5, 0.6) is 0 Å². The van der Waals surface area contributed by atoms with Gasteiger partial charge in [-0.15, -0.1) is 0 Å². The molecule has 0 saturated carbocycles. The summed E-state index contributed by atoms with van der Waals surface area (Å²) in [6, 6.07) is 9.97. The quantitative estimate of drug-likeness (QED) is 0.771. The van der Waals surface area contributed by atoms with E-state index >= 15 is 0 Å². The molecule has 0 N–H and O–H groups in total. The summed E-state index contributed by atoms with van der Waals surface area (Å²) in [6.45, 7) is 2.64. The number of carbonyl (C=O) groups is 1. The zero-order chi connectivity index (χ0) is 14.2. The maximum atomic E-state index is 11.1. The Morgan fingerprint density at radius 1 is 1.35 bits per heavy atom. The van der Waals surface area contributed by atoms with E-state index in [2.05, 4.69) is 22.9 Å². The van der Waals surface area contributed by atoms with Gasteiger partial charge in [-0.3, -0.25) is 4.79 Å². The van der Waals surface area contributed by atoms with Gasteiger partial charge in [0.05, 0.1) is 12.7 Å².